The lowest BCUT2D eigenvalue weighted by atomic mass is 9.75. The second-order valence-corrected chi connectivity index (χ2v) is 6.12. The highest BCUT2D eigenvalue weighted by molar-refractivity contribution is 5.86. The van der Waals surface area contributed by atoms with Gasteiger partial charge in [-0.1, -0.05) is 12.5 Å². The topological polar surface area (TPSA) is 52.6 Å². The van der Waals surface area contributed by atoms with Crippen molar-refractivity contribution in [2.24, 2.45) is 11.3 Å². The molecule has 1 saturated carbocycles. The summed E-state index contributed by atoms with van der Waals surface area (Å²) in [6, 6.07) is 0. The molecule has 0 radical (unpaired) electrons. The van der Waals surface area contributed by atoms with Gasteiger partial charge in [0.1, 0.15) is 5.60 Å². The molecule has 1 aliphatic carbocycles. The second-order valence-electron chi connectivity index (χ2n) is 6.12. The molecule has 0 amide bonds. The Hall–Kier alpha value is -1.32. The number of methoxy groups -OCH3 is 1. The first-order valence-corrected chi connectivity index (χ1v) is 6.69. The third-order valence-corrected chi connectivity index (χ3v) is 3.57. The fourth-order valence-corrected chi connectivity index (χ4v) is 2.82. The van der Waals surface area contributed by atoms with E-state index >= 15 is 0 Å². The molecule has 4 nitrogen and oxygen atoms in total. The van der Waals surface area contributed by atoms with Crippen molar-refractivity contribution < 1.29 is 19.1 Å². The van der Waals surface area contributed by atoms with E-state index in [4.69, 9.17) is 9.47 Å². The van der Waals surface area contributed by atoms with Gasteiger partial charge in [-0.15, -0.1) is 6.58 Å². The number of carbonyl (C=O) groups excluding carboxylic acids is 2. The van der Waals surface area contributed by atoms with E-state index in [1.165, 1.54) is 7.11 Å². The van der Waals surface area contributed by atoms with Gasteiger partial charge in [0.25, 0.3) is 0 Å². The molecule has 0 heterocycles. The standard InChI is InChI=1S/C15H24O4/c1-6-9-15(13(17)18-5)10-7-8-11(15)12(16)19-14(2,3)4/h6,11H,1,7-10H2,2-5H3. The predicted octanol–water partition coefficient (Wildman–Crippen LogP) is 2.86. The zero-order chi connectivity index (χ0) is 14.7. The Labute approximate surface area is 115 Å². The van der Waals surface area contributed by atoms with Gasteiger partial charge in [0, 0.05) is 0 Å². The Balaban J connectivity index is 3.00. The van der Waals surface area contributed by atoms with E-state index in [9.17, 15) is 9.59 Å². The summed E-state index contributed by atoms with van der Waals surface area (Å²) in [6.45, 7) is 9.17. The summed E-state index contributed by atoms with van der Waals surface area (Å²) in [4.78, 5) is 24.4. The van der Waals surface area contributed by atoms with Gasteiger partial charge in [0.2, 0.25) is 0 Å². The molecule has 0 aliphatic heterocycles. The van der Waals surface area contributed by atoms with Gasteiger partial charge in [-0.05, 0) is 40.0 Å². The predicted molar refractivity (Wildman–Crippen MR) is 72.4 cm³/mol. The Kier molecular flexibility index (Phi) is 4.77. The minimum absolute atomic E-state index is 0.308. The van der Waals surface area contributed by atoms with Gasteiger partial charge in [-0.25, -0.2) is 0 Å². The summed E-state index contributed by atoms with van der Waals surface area (Å²) in [5.41, 5.74) is -1.34. The maximum Gasteiger partial charge on any atom is 0.312 e. The molecule has 0 aromatic heterocycles. The smallest absolute Gasteiger partial charge is 0.312 e. The molecule has 0 bridgehead atoms. The molecule has 2 atom stereocenters. The molecule has 0 N–H and O–H groups in total. The van der Waals surface area contributed by atoms with Crippen LogP contribution in [0.15, 0.2) is 12.7 Å². The molecule has 0 aromatic carbocycles. The van der Waals surface area contributed by atoms with Crippen LogP contribution in [0.2, 0.25) is 0 Å². The average Bonchev–Trinajstić information content (AvgIpc) is 2.71. The largest absolute Gasteiger partial charge is 0.469 e. The zero-order valence-corrected chi connectivity index (χ0v) is 12.3. The molecular formula is C15H24O4. The minimum Gasteiger partial charge on any atom is -0.469 e. The Morgan fingerprint density at radius 3 is 2.53 bits per heavy atom. The highest BCUT2D eigenvalue weighted by Crippen LogP contribution is 2.48. The van der Waals surface area contributed by atoms with Crippen LogP contribution < -0.4 is 0 Å². The normalized spacial score (nSPS) is 26.8. The molecule has 1 rings (SSSR count). The van der Waals surface area contributed by atoms with Crippen molar-refractivity contribution in [2.45, 2.75) is 52.1 Å². The van der Waals surface area contributed by atoms with Gasteiger partial charge in [-0.3, -0.25) is 9.59 Å². The van der Waals surface area contributed by atoms with E-state index in [1.54, 1.807) is 6.08 Å². The first-order chi connectivity index (χ1) is 8.77. The van der Waals surface area contributed by atoms with Gasteiger partial charge in [-0.2, -0.15) is 0 Å². The van der Waals surface area contributed by atoms with E-state index in [0.717, 1.165) is 6.42 Å². The Bertz CT molecular complexity index is 367. The molecule has 0 saturated heterocycles. The van der Waals surface area contributed by atoms with Crippen molar-refractivity contribution in [1.29, 1.82) is 0 Å². The lowest BCUT2D eigenvalue weighted by molar-refractivity contribution is -0.172. The molecule has 0 spiro atoms. The summed E-state index contributed by atoms with van der Waals surface area (Å²) in [5.74, 6) is -1.07. The van der Waals surface area contributed by atoms with Crippen LogP contribution >= 0.6 is 0 Å². The molecular weight excluding hydrogens is 244 g/mol. The van der Waals surface area contributed by atoms with E-state index in [0.29, 0.717) is 19.3 Å². The Morgan fingerprint density at radius 2 is 2.05 bits per heavy atom. The zero-order valence-electron chi connectivity index (χ0n) is 12.3. The van der Waals surface area contributed by atoms with Gasteiger partial charge >= 0.3 is 11.9 Å². The summed E-state index contributed by atoms with van der Waals surface area (Å²) >= 11 is 0. The molecule has 0 aromatic rings. The maximum atomic E-state index is 12.3. The van der Waals surface area contributed by atoms with Crippen LogP contribution in [0, 0.1) is 11.3 Å². The van der Waals surface area contributed by atoms with Crippen molar-refractivity contribution in [3.05, 3.63) is 12.7 Å². The minimum atomic E-state index is -0.793. The average molecular weight is 268 g/mol. The van der Waals surface area contributed by atoms with Crippen LogP contribution in [-0.2, 0) is 19.1 Å². The number of ether oxygens (including phenoxy) is 2. The number of allylic oxidation sites excluding steroid dienone is 1. The van der Waals surface area contributed by atoms with E-state index in [2.05, 4.69) is 6.58 Å². The summed E-state index contributed by atoms with van der Waals surface area (Å²) in [6.07, 6.45) is 4.27. The molecule has 2 unspecified atom stereocenters. The second kappa shape index (κ2) is 5.76. The molecule has 1 aliphatic rings. The fourth-order valence-electron chi connectivity index (χ4n) is 2.82. The SMILES string of the molecule is C=CCC1(C(=O)OC)CCCC1C(=O)OC(C)(C)C. The summed E-state index contributed by atoms with van der Waals surface area (Å²) in [7, 11) is 1.36. The van der Waals surface area contributed by atoms with Gasteiger partial charge in [0.05, 0.1) is 18.4 Å². The first kappa shape index (κ1) is 15.7. The fraction of sp³-hybridized carbons (Fsp3) is 0.733. The third-order valence-electron chi connectivity index (χ3n) is 3.57. The molecule has 1 fully saturated rings. The van der Waals surface area contributed by atoms with Gasteiger partial charge < -0.3 is 9.47 Å². The number of hydrogen-bond acceptors (Lipinski definition) is 4. The first-order valence-electron chi connectivity index (χ1n) is 6.69. The lowest BCUT2D eigenvalue weighted by Crippen LogP contribution is -2.42. The highest BCUT2D eigenvalue weighted by Gasteiger charge is 2.53. The van der Waals surface area contributed by atoms with E-state index in [-0.39, 0.29) is 11.9 Å². The van der Waals surface area contributed by atoms with Gasteiger partial charge in [0.15, 0.2) is 0 Å². The number of rotatable bonds is 4. The number of carbonyl (C=O) groups is 2. The Morgan fingerprint density at radius 1 is 1.42 bits per heavy atom. The van der Waals surface area contributed by atoms with E-state index < -0.39 is 16.9 Å². The van der Waals surface area contributed by atoms with E-state index in [1.807, 2.05) is 20.8 Å². The van der Waals surface area contributed by atoms with Crippen molar-refractivity contribution in [2.75, 3.05) is 7.11 Å². The molecule has 108 valence electrons. The van der Waals surface area contributed by atoms with Crippen molar-refractivity contribution in [3.8, 4) is 0 Å². The summed E-state index contributed by atoms with van der Waals surface area (Å²) in [5, 5.41) is 0. The third kappa shape index (κ3) is 3.37. The highest BCUT2D eigenvalue weighted by atomic mass is 16.6. The monoisotopic (exact) mass is 268 g/mol. The van der Waals surface area contributed by atoms with Crippen LogP contribution in [0.5, 0.6) is 0 Å². The molecule has 19 heavy (non-hydrogen) atoms. The molecule has 4 heteroatoms. The van der Waals surface area contributed by atoms with Crippen LogP contribution in [-0.4, -0.2) is 24.6 Å². The maximum absolute atomic E-state index is 12.3. The summed E-state index contributed by atoms with van der Waals surface area (Å²) < 4.78 is 10.3. The van der Waals surface area contributed by atoms with Crippen LogP contribution in [0.4, 0.5) is 0 Å². The van der Waals surface area contributed by atoms with Crippen molar-refractivity contribution >= 4 is 11.9 Å². The lowest BCUT2D eigenvalue weighted by Gasteiger charge is -2.32. The van der Waals surface area contributed by atoms with Crippen molar-refractivity contribution in [3.63, 3.8) is 0 Å². The quantitative estimate of drug-likeness (QED) is 0.581. The van der Waals surface area contributed by atoms with Crippen molar-refractivity contribution in [1.82, 2.24) is 0 Å². The van der Waals surface area contributed by atoms with Crippen LogP contribution in [0.25, 0.3) is 0 Å². The van der Waals surface area contributed by atoms with Crippen LogP contribution in [0.3, 0.4) is 0 Å². The number of esters is 2. The van der Waals surface area contributed by atoms with Crippen LogP contribution in [0.1, 0.15) is 46.5 Å². The number of hydrogen-bond donors (Lipinski definition) is 0.